The van der Waals surface area contributed by atoms with E-state index in [1.807, 2.05) is 7.05 Å². The quantitative estimate of drug-likeness (QED) is 0.516. The van der Waals surface area contributed by atoms with Crippen molar-refractivity contribution in [2.24, 2.45) is 10.9 Å². The van der Waals surface area contributed by atoms with Gasteiger partial charge < -0.3 is 15.5 Å². The van der Waals surface area contributed by atoms with Gasteiger partial charge in [-0.25, -0.2) is 0 Å². The summed E-state index contributed by atoms with van der Waals surface area (Å²) in [4.78, 5) is 9.35. The highest BCUT2D eigenvalue weighted by molar-refractivity contribution is 5.79. The first kappa shape index (κ1) is 21.7. The van der Waals surface area contributed by atoms with E-state index in [0.717, 1.165) is 38.1 Å². The third-order valence-electron chi connectivity index (χ3n) is 5.81. The largest absolute Gasteiger partial charge is 0.356 e. The molecule has 0 aromatic heterocycles. The Labute approximate surface area is 166 Å². The van der Waals surface area contributed by atoms with Crippen molar-refractivity contribution >= 4 is 5.96 Å². The molecule has 0 aliphatic carbocycles. The standard InChI is InChI=1S/C22H39N5/c1-5-27(6-2)21(20-10-8-7-9-11-20)18-25-22(23-3)24-15-12-19-13-16-26(4)17-14-19/h7-11,19,21H,5-6,12-18H2,1-4H3,(H2,23,24,25). The van der Waals surface area contributed by atoms with E-state index >= 15 is 0 Å². The van der Waals surface area contributed by atoms with E-state index in [1.165, 1.54) is 37.9 Å². The Bertz CT molecular complexity index is 533. The number of nitrogens with zero attached hydrogens (tertiary/aromatic N) is 3. The molecule has 5 heteroatoms. The summed E-state index contributed by atoms with van der Waals surface area (Å²) in [6.07, 6.45) is 3.87. The molecular weight excluding hydrogens is 334 g/mol. The Hall–Kier alpha value is -1.59. The van der Waals surface area contributed by atoms with Gasteiger partial charge in [-0.3, -0.25) is 9.89 Å². The lowest BCUT2D eigenvalue weighted by molar-refractivity contribution is 0.212. The average molecular weight is 374 g/mol. The van der Waals surface area contributed by atoms with Crippen LogP contribution in [-0.2, 0) is 0 Å². The maximum Gasteiger partial charge on any atom is 0.191 e. The molecule has 0 radical (unpaired) electrons. The molecule has 1 saturated heterocycles. The topological polar surface area (TPSA) is 42.9 Å². The van der Waals surface area contributed by atoms with Gasteiger partial charge >= 0.3 is 0 Å². The first-order valence-electron chi connectivity index (χ1n) is 10.6. The molecule has 27 heavy (non-hydrogen) atoms. The Kier molecular flexibility index (Phi) is 9.64. The molecule has 1 heterocycles. The van der Waals surface area contributed by atoms with Crippen LogP contribution in [0.3, 0.4) is 0 Å². The first-order valence-corrected chi connectivity index (χ1v) is 10.6. The minimum absolute atomic E-state index is 0.355. The van der Waals surface area contributed by atoms with Crippen LogP contribution in [0, 0.1) is 5.92 Å². The molecule has 1 unspecified atom stereocenters. The van der Waals surface area contributed by atoms with Crippen LogP contribution >= 0.6 is 0 Å². The molecule has 1 aromatic carbocycles. The second kappa shape index (κ2) is 12.0. The number of rotatable bonds is 9. The molecule has 1 atom stereocenters. The number of piperidine rings is 1. The number of aliphatic imine (C=N–C) groups is 1. The minimum Gasteiger partial charge on any atom is -0.356 e. The zero-order valence-electron chi connectivity index (χ0n) is 17.7. The van der Waals surface area contributed by atoms with Crippen LogP contribution < -0.4 is 10.6 Å². The summed E-state index contributed by atoms with van der Waals surface area (Å²) in [6.45, 7) is 10.9. The first-order chi connectivity index (χ1) is 13.2. The lowest BCUT2D eigenvalue weighted by Gasteiger charge is -2.31. The molecule has 1 aromatic rings. The van der Waals surface area contributed by atoms with Crippen LogP contribution in [0.25, 0.3) is 0 Å². The third kappa shape index (κ3) is 7.15. The molecule has 0 amide bonds. The van der Waals surface area contributed by atoms with Crippen LogP contribution in [0.4, 0.5) is 0 Å². The van der Waals surface area contributed by atoms with Crippen LogP contribution in [-0.4, -0.2) is 69.1 Å². The van der Waals surface area contributed by atoms with Crippen LogP contribution in [0.15, 0.2) is 35.3 Å². The zero-order valence-corrected chi connectivity index (χ0v) is 17.7. The van der Waals surface area contributed by atoms with Crippen molar-refractivity contribution in [3.63, 3.8) is 0 Å². The highest BCUT2D eigenvalue weighted by Gasteiger charge is 2.19. The van der Waals surface area contributed by atoms with Crippen LogP contribution in [0.5, 0.6) is 0 Å². The Morgan fingerprint density at radius 3 is 2.41 bits per heavy atom. The number of benzene rings is 1. The fraction of sp³-hybridized carbons (Fsp3) is 0.682. The SMILES string of the molecule is CCN(CC)C(CNC(=NC)NCCC1CCN(C)CC1)c1ccccc1. The summed E-state index contributed by atoms with van der Waals surface area (Å²) in [5.74, 6) is 1.76. The average Bonchev–Trinajstić information content (AvgIpc) is 2.71. The van der Waals surface area contributed by atoms with Crippen molar-refractivity contribution < 1.29 is 0 Å². The smallest absolute Gasteiger partial charge is 0.191 e. The summed E-state index contributed by atoms with van der Waals surface area (Å²) < 4.78 is 0. The molecule has 1 aliphatic heterocycles. The summed E-state index contributed by atoms with van der Waals surface area (Å²) in [5.41, 5.74) is 1.36. The van der Waals surface area contributed by atoms with Gasteiger partial charge in [0.1, 0.15) is 0 Å². The predicted octanol–water partition coefficient (Wildman–Crippen LogP) is 2.97. The number of guanidine groups is 1. The highest BCUT2D eigenvalue weighted by Crippen LogP contribution is 2.20. The van der Waals surface area contributed by atoms with E-state index in [-0.39, 0.29) is 0 Å². The van der Waals surface area contributed by atoms with E-state index < -0.39 is 0 Å². The van der Waals surface area contributed by atoms with Gasteiger partial charge in [0.2, 0.25) is 0 Å². The van der Waals surface area contributed by atoms with E-state index in [1.54, 1.807) is 0 Å². The molecule has 0 bridgehead atoms. The van der Waals surface area contributed by atoms with Crippen molar-refractivity contribution in [3.8, 4) is 0 Å². The summed E-state index contributed by atoms with van der Waals surface area (Å²) in [6, 6.07) is 11.1. The maximum absolute atomic E-state index is 4.43. The fourth-order valence-corrected chi connectivity index (χ4v) is 3.96. The molecule has 5 nitrogen and oxygen atoms in total. The molecule has 2 rings (SSSR count). The molecular formula is C22H39N5. The van der Waals surface area contributed by atoms with Crippen LogP contribution in [0.1, 0.15) is 44.7 Å². The van der Waals surface area contributed by atoms with Crippen LogP contribution in [0.2, 0.25) is 0 Å². The Balaban J connectivity index is 1.82. The minimum atomic E-state index is 0.355. The van der Waals surface area contributed by atoms with Crippen molar-refractivity contribution in [1.29, 1.82) is 0 Å². The number of nitrogens with one attached hydrogen (secondary N) is 2. The zero-order chi connectivity index (χ0) is 19.5. The van der Waals surface area contributed by atoms with Gasteiger partial charge in [0.25, 0.3) is 0 Å². The molecule has 0 saturated carbocycles. The number of likely N-dealkylation sites (tertiary alicyclic amines) is 1. The Morgan fingerprint density at radius 1 is 1.15 bits per heavy atom. The molecule has 2 N–H and O–H groups in total. The Morgan fingerprint density at radius 2 is 1.81 bits per heavy atom. The van der Waals surface area contributed by atoms with Gasteiger partial charge in [0, 0.05) is 20.1 Å². The van der Waals surface area contributed by atoms with Crippen molar-refractivity contribution in [2.45, 2.75) is 39.2 Å². The van der Waals surface area contributed by atoms with E-state index in [4.69, 9.17) is 0 Å². The third-order valence-corrected chi connectivity index (χ3v) is 5.81. The molecule has 152 valence electrons. The van der Waals surface area contributed by atoms with E-state index in [2.05, 4.69) is 76.7 Å². The monoisotopic (exact) mass is 373 g/mol. The second-order valence-electron chi connectivity index (χ2n) is 7.56. The van der Waals surface area contributed by atoms with Gasteiger partial charge in [-0.2, -0.15) is 0 Å². The number of likely N-dealkylation sites (N-methyl/N-ethyl adjacent to an activating group) is 1. The van der Waals surface area contributed by atoms with Gasteiger partial charge in [0.05, 0.1) is 6.04 Å². The molecule has 1 fully saturated rings. The molecule has 1 aliphatic rings. The molecule has 0 spiro atoms. The summed E-state index contributed by atoms with van der Waals surface area (Å²) >= 11 is 0. The van der Waals surface area contributed by atoms with Gasteiger partial charge in [-0.1, -0.05) is 44.2 Å². The normalized spacial score (nSPS) is 17.9. The van der Waals surface area contributed by atoms with Gasteiger partial charge in [-0.15, -0.1) is 0 Å². The van der Waals surface area contributed by atoms with Crippen molar-refractivity contribution in [2.75, 3.05) is 53.4 Å². The predicted molar refractivity (Wildman–Crippen MR) is 116 cm³/mol. The van der Waals surface area contributed by atoms with Gasteiger partial charge in [0.15, 0.2) is 5.96 Å². The van der Waals surface area contributed by atoms with E-state index in [0.29, 0.717) is 6.04 Å². The lowest BCUT2D eigenvalue weighted by Crippen LogP contribution is -2.44. The van der Waals surface area contributed by atoms with E-state index in [9.17, 15) is 0 Å². The number of hydrogen-bond donors (Lipinski definition) is 2. The summed E-state index contributed by atoms with van der Waals surface area (Å²) in [5, 5.41) is 7.07. The number of hydrogen-bond acceptors (Lipinski definition) is 3. The van der Waals surface area contributed by atoms with Gasteiger partial charge in [-0.05, 0) is 64.0 Å². The highest BCUT2D eigenvalue weighted by atomic mass is 15.2. The van der Waals surface area contributed by atoms with Crippen molar-refractivity contribution in [1.82, 2.24) is 20.4 Å². The van der Waals surface area contributed by atoms with Crippen molar-refractivity contribution in [3.05, 3.63) is 35.9 Å². The maximum atomic E-state index is 4.43. The summed E-state index contributed by atoms with van der Waals surface area (Å²) in [7, 11) is 4.08. The fourth-order valence-electron chi connectivity index (χ4n) is 3.96. The second-order valence-corrected chi connectivity index (χ2v) is 7.56. The lowest BCUT2D eigenvalue weighted by atomic mass is 9.94.